The van der Waals surface area contributed by atoms with Crippen molar-refractivity contribution in [1.82, 2.24) is 5.43 Å². The SMILES string of the molecule is CS(=O)(=O)N(CC(=O)N/N=C\c1ccc(Cl)cc1Cl)c1ccc(Br)cc1. The van der Waals surface area contributed by atoms with Crippen LogP contribution in [0.1, 0.15) is 5.56 Å². The number of hydrogen-bond donors (Lipinski definition) is 1. The van der Waals surface area contributed by atoms with Gasteiger partial charge >= 0.3 is 0 Å². The van der Waals surface area contributed by atoms with E-state index in [-0.39, 0.29) is 0 Å². The van der Waals surface area contributed by atoms with Crippen molar-refractivity contribution in [3.63, 3.8) is 0 Å². The highest BCUT2D eigenvalue weighted by Crippen LogP contribution is 2.21. The molecule has 0 aliphatic carbocycles. The highest BCUT2D eigenvalue weighted by molar-refractivity contribution is 9.10. The zero-order chi connectivity index (χ0) is 19.3. The summed E-state index contributed by atoms with van der Waals surface area (Å²) in [6.45, 7) is -0.411. The van der Waals surface area contributed by atoms with Gasteiger partial charge in [0.15, 0.2) is 0 Å². The topological polar surface area (TPSA) is 78.8 Å². The first-order valence-corrected chi connectivity index (χ1v) is 10.6. The Bertz CT molecular complexity index is 934. The van der Waals surface area contributed by atoms with Crippen molar-refractivity contribution in [2.24, 2.45) is 5.10 Å². The van der Waals surface area contributed by atoms with Gasteiger partial charge in [0.1, 0.15) is 6.54 Å². The third kappa shape index (κ3) is 5.98. The van der Waals surface area contributed by atoms with Gasteiger partial charge in [-0.05, 0) is 36.4 Å². The van der Waals surface area contributed by atoms with Gasteiger partial charge in [0.05, 0.1) is 23.2 Å². The fourth-order valence-electron chi connectivity index (χ4n) is 1.95. The van der Waals surface area contributed by atoms with Gasteiger partial charge in [-0.3, -0.25) is 9.10 Å². The van der Waals surface area contributed by atoms with E-state index >= 15 is 0 Å². The van der Waals surface area contributed by atoms with Crippen LogP contribution >= 0.6 is 39.1 Å². The third-order valence-electron chi connectivity index (χ3n) is 3.16. The number of rotatable bonds is 6. The standard InChI is InChI=1S/C16H14BrCl2N3O3S/c1-26(24,25)22(14-6-3-12(17)4-7-14)10-16(23)21-20-9-11-2-5-13(18)8-15(11)19/h2-9H,10H2,1H3,(H,21,23)/b20-9-. The molecule has 2 aromatic carbocycles. The molecule has 2 aromatic rings. The maximum absolute atomic E-state index is 12.1. The third-order valence-corrected chi connectivity index (χ3v) is 5.39. The number of nitrogens with zero attached hydrogens (tertiary/aromatic N) is 2. The molecule has 0 unspecified atom stereocenters. The molecule has 0 saturated carbocycles. The van der Waals surface area contributed by atoms with Gasteiger partial charge in [-0.1, -0.05) is 45.2 Å². The van der Waals surface area contributed by atoms with Gasteiger partial charge in [0.2, 0.25) is 10.0 Å². The molecule has 1 amide bonds. The van der Waals surface area contributed by atoms with Gasteiger partial charge in [-0.25, -0.2) is 13.8 Å². The quantitative estimate of drug-likeness (QED) is 0.508. The lowest BCUT2D eigenvalue weighted by Crippen LogP contribution is -2.39. The summed E-state index contributed by atoms with van der Waals surface area (Å²) in [5.74, 6) is -0.598. The van der Waals surface area contributed by atoms with Crippen LogP contribution in [0.5, 0.6) is 0 Å². The number of carbonyl (C=O) groups is 1. The minimum Gasteiger partial charge on any atom is -0.271 e. The number of carbonyl (C=O) groups excluding carboxylic acids is 1. The molecule has 0 aliphatic heterocycles. The van der Waals surface area contributed by atoms with E-state index in [9.17, 15) is 13.2 Å². The van der Waals surface area contributed by atoms with E-state index in [4.69, 9.17) is 23.2 Å². The largest absolute Gasteiger partial charge is 0.271 e. The summed E-state index contributed by atoms with van der Waals surface area (Å²) in [7, 11) is -3.65. The molecule has 1 N–H and O–H groups in total. The van der Waals surface area contributed by atoms with Gasteiger partial charge < -0.3 is 0 Å². The molecule has 2 rings (SSSR count). The van der Waals surface area contributed by atoms with E-state index in [1.54, 1.807) is 42.5 Å². The summed E-state index contributed by atoms with van der Waals surface area (Å²) in [6, 6.07) is 11.4. The molecule has 0 radical (unpaired) electrons. The molecule has 6 nitrogen and oxygen atoms in total. The summed E-state index contributed by atoms with van der Waals surface area (Å²) in [5, 5.41) is 4.65. The number of amides is 1. The van der Waals surface area contributed by atoms with Gasteiger partial charge in [-0.15, -0.1) is 0 Å². The molecular formula is C16H14BrCl2N3O3S. The van der Waals surface area contributed by atoms with Crippen LogP contribution in [-0.2, 0) is 14.8 Å². The predicted molar refractivity (Wildman–Crippen MR) is 109 cm³/mol. The molecule has 0 aromatic heterocycles. The highest BCUT2D eigenvalue weighted by Gasteiger charge is 2.20. The summed E-state index contributed by atoms with van der Waals surface area (Å²) < 4.78 is 25.8. The van der Waals surface area contributed by atoms with Crippen molar-refractivity contribution >= 4 is 67.0 Å². The van der Waals surface area contributed by atoms with E-state index in [2.05, 4.69) is 26.5 Å². The average Bonchev–Trinajstić information content (AvgIpc) is 2.55. The van der Waals surface area contributed by atoms with Crippen molar-refractivity contribution in [1.29, 1.82) is 0 Å². The molecule has 0 fully saturated rings. The van der Waals surface area contributed by atoms with Crippen molar-refractivity contribution < 1.29 is 13.2 Å². The predicted octanol–water partition coefficient (Wildman–Crippen LogP) is 3.67. The van der Waals surface area contributed by atoms with E-state index in [1.807, 2.05) is 0 Å². The lowest BCUT2D eigenvalue weighted by atomic mass is 10.2. The summed E-state index contributed by atoms with van der Waals surface area (Å²) in [6.07, 6.45) is 2.38. The Morgan fingerprint density at radius 3 is 2.46 bits per heavy atom. The minimum atomic E-state index is -3.65. The average molecular weight is 479 g/mol. The molecular weight excluding hydrogens is 465 g/mol. The normalized spacial score (nSPS) is 11.5. The van der Waals surface area contributed by atoms with Crippen LogP contribution in [0.4, 0.5) is 5.69 Å². The molecule has 26 heavy (non-hydrogen) atoms. The molecule has 0 saturated heterocycles. The number of halogens is 3. The number of hydrogen-bond acceptors (Lipinski definition) is 4. The Kier molecular flexibility index (Phi) is 7.05. The van der Waals surface area contributed by atoms with Crippen LogP contribution in [0.25, 0.3) is 0 Å². The van der Waals surface area contributed by atoms with Crippen molar-refractivity contribution in [3.8, 4) is 0 Å². The number of hydrazone groups is 1. The fourth-order valence-corrected chi connectivity index (χ4v) is 3.53. The lowest BCUT2D eigenvalue weighted by molar-refractivity contribution is -0.119. The number of sulfonamides is 1. The van der Waals surface area contributed by atoms with Gasteiger partial charge in [-0.2, -0.15) is 5.10 Å². The Labute approximate surface area is 170 Å². The zero-order valence-corrected chi connectivity index (χ0v) is 17.4. The first-order chi connectivity index (χ1) is 12.2. The van der Waals surface area contributed by atoms with Crippen LogP contribution < -0.4 is 9.73 Å². The Hall–Kier alpha value is -1.61. The van der Waals surface area contributed by atoms with Crippen LogP contribution in [0.15, 0.2) is 52.0 Å². The van der Waals surface area contributed by atoms with Gasteiger partial charge in [0, 0.05) is 15.1 Å². The number of benzene rings is 2. The van der Waals surface area contributed by atoms with Crippen LogP contribution in [-0.4, -0.2) is 33.3 Å². The van der Waals surface area contributed by atoms with E-state index < -0.39 is 22.5 Å². The van der Waals surface area contributed by atoms with Crippen molar-refractivity contribution in [2.45, 2.75) is 0 Å². The minimum absolute atomic E-state index is 0.371. The van der Waals surface area contributed by atoms with Crippen molar-refractivity contribution in [2.75, 3.05) is 17.1 Å². The molecule has 0 aliphatic rings. The van der Waals surface area contributed by atoms with E-state index in [1.165, 1.54) is 6.21 Å². The molecule has 0 bridgehead atoms. The lowest BCUT2D eigenvalue weighted by Gasteiger charge is -2.21. The first kappa shape index (κ1) is 20.7. The van der Waals surface area contributed by atoms with Crippen molar-refractivity contribution in [3.05, 3.63) is 62.5 Å². The Morgan fingerprint density at radius 2 is 1.88 bits per heavy atom. The summed E-state index contributed by atoms with van der Waals surface area (Å²) in [5.41, 5.74) is 3.21. The Balaban J connectivity index is 2.08. The summed E-state index contributed by atoms with van der Waals surface area (Å²) >= 11 is 15.1. The van der Waals surface area contributed by atoms with Crippen LogP contribution in [0.3, 0.4) is 0 Å². The van der Waals surface area contributed by atoms with Gasteiger partial charge in [0.25, 0.3) is 5.91 Å². The molecule has 0 spiro atoms. The number of anilines is 1. The van der Waals surface area contributed by atoms with Crippen LogP contribution in [0.2, 0.25) is 10.0 Å². The molecule has 0 atom stereocenters. The number of nitrogens with one attached hydrogen (secondary N) is 1. The van der Waals surface area contributed by atoms with Crippen LogP contribution in [0, 0.1) is 0 Å². The smallest absolute Gasteiger partial charge is 0.260 e. The maximum atomic E-state index is 12.1. The Morgan fingerprint density at radius 1 is 1.23 bits per heavy atom. The van der Waals surface area contributed by atoms with E-state index in [0.717, 1.165) is 15.0 Å². The maximum Gasteiger partial charge on any atom is 0.260 e. The second-order valence-corrected chi connectivity index (χ2v) is 8.87. The molecule has 0 heterocycles. The molecule has 138 valence electrons. The fraction of sp³-hybridized carbons (Fsp3) is 0.125. The second-order valence-electron chi connectivity index (χ2n) is 5.21. The monoisotopic (exact) mass is 477 g/mol. The first-order valence-electron chi connectivity index (χ1n) is 7.17. The zero-order valence-electron chi connectivity index (χ0n) is 13.5. The highest BCUT2D eigenvalue weighted by atomic mass is 79.9. The van der Waals surface area contributed by atoms with E-state index in [0.29, 0.717) is 21.3 Å². The second kappa shape index (κ2) is 8.85. The summed E-state index contributed by atoms with van der Waals surface area (Å²) in [4.78, 5) is 12.1. The molecule has 10 heteroatoms.